The number of hydrogen-bond donors (Lipinski definition) is 2. The lowest BCUT2D eigenvalue weighted by Gasteiger charge is -2.20. The second-order valence-corrected chi connectivity index (χ2v) is 6.69. The minimum absolute atomic E-state index is 0.0938. The number of imide groups is 1. The van der Waals surface area contributed by atoms with E-state index < -0.39 is 24.5 Å². The molecule has 1 aromatic carbocycles. The molecule has 0 bridgehead atoms. The van der Waals surface area contributed by atoms with E-state index in [2.05, 4.69) is 10.6 Å². The first-order valence-corrected chi connectivity index (χ1v) is 9.48. The van der Waals surface area contributed by atoms with Crippen LogP contribution in [-0.4, -0.2) is 50.9 Å². The highest BCUT2D eigenvalue weighted by molar-refractivity contribution is 5.96. The summed E-state index contributed by atoms with van der Waals surface area (Å²) in [5, 5.41) is 4.87. The molecule has 29 heavy (non-hydrogen) atoms. The minimum Gasteiger partial charge on any atom is -0.493 e. The first kappa shape index (κ1) is 20.5. The molecule has 3 rings (SSSR count). The third-order valence-corrected chi connectivity index (χ3v) is 4.55. The fourth-order valence-corrected chi connectivity index (χ4v) is 3.19. The van der Waals surface area contributed by atoms with E-state index in [-0.39, 0.29) is 6.04 Å². The molecule has 9 heteroatoms. The van der Waals surface area contributed by atoms with Gasteiger partial charge in [0.25, 0.3) is 5.91 Å². The molecule has 0 atom stereocenters. The van der Waals surface area contributed by atoms with E-state index in [1.54, 1.807) is 12.1 Å². The monoisotopic (exact) mass is 404 g/mol. The average Bonchev–Trinajstić information content (AvgIpc) is 3.22. The van der Waals surface area contributed by atoms with Crippen LogP contribution in [0.5, 0.6) is 17.2 Å². The van der Waals surface area contributed by atoms with Crippen molar-refractivity contribution in [2.24, 2.45) is 0 Å². The van der Waals surface area contributed by atoms with Crippen molar-refractivity contribution < 1.29 is 33.3 Å². The van der Waals surface area contributed by atoms with E-state index in [9.17, 15) is 14.4 Å². The van der Waals surface area contributed by atoms with Crippen molar-refractivity contribution in [1.82, 2.24) is 10.6 Å². The van der Waals surface area contributed by atoms with E-state index in [1.165, 1.54) is 19.3 Å². The first-order valence-electron chi connectivity index (χ1n) is 9.48. The van der Waals surface area contributed by atoms with Gasteiger partial charge in [0, 0.05) is 12.1 Å². The smallest absolute Gasteiger partial charge is 0.331 e. The van der Waals surface area contributed by atoms with E-state index in [1.807, 2.05) is 0 Å². The Labute approximate surface area is 168 Å². The van der Waals surface area contributed by atoms with E-state index in [0.717, 1.165) is 25.7 Å². The molecule has 0 spiro atoms. The number of carbonyl (C=O) groups excluding carboxylic acids is 3. The molecule has 1 aromatic rings. The van der Waals surface area contributed by atoms with Gasteiger partial charge in [-0.1, -0.05) is 12.8 Å². The summed E-state index contributed by atoms with van der Waals surface area (Å²) in [6, 6.07) is 2.92. The van der Waals surface area contributed by atoms with Gasteiger partial charge in [-0.25, -0.2) is 9.59 Å². The van der Waals surface area contributed by atoms with Crippen LogP contribution in [0.4, 0.5) is 4.79 Å². The van der Waals surface area contributed by atoms with Crippen molar-refractivity contribution in [3.63, 3.8) is 0 Å². The van der Waals surface area contributed by atoms with Crippen LogP contribution in [0, 0.1) is 0 Å². The Morgan fingerprint density at radius 2 is 1.93 bits per heavy atom. The first-order chi connectivity index (χ1) is 14.0. The van der Waals surface area contributed by atoms with Gasteiger partial charge >= 0.3 is 12.0 Å². The van der Waals surface area contributed by atoms with Crippen molar-refractivity contribution in [3.8, 4) is 17.2 Å². The molecule has 1 aliphatic carbocycles. The summed E-state index contributed by atoms with van der Waals surface area (Å²) >= 11 is 0. The predicted molar refractivity (Wildman–Crippen MR) is 103 cm³/mol. The number of carbonyl (C=O) groups is 3. The number of amides is 3. The molecule has 156 valence electrons. The Morgan fingerprint density at radius 3 is 2.69 bits per heavy atom. The van der Waals surface area contributed by atoms with Gasteiger partial charge in [0.05, 0.1) is 7.11 Å². The molecule has 0 radical (unpaired) electrons. The van der Waals surface area contributed by atoms with E-state index >= 15 is 0 Å². The summed E-state index contributed by atoms with van der Waals surface area (Å²) in [5.41, 5.74) is 0.642. The van der Waals surface area contributed by atoms with Gasteiger partial charge in [0.15, 0.2) is 18.1 Å². The summed E-state index contributed by atoms with van der Waals surface area (Å²) in [7, 11) is 1.51. The summed E-state index contributed by atoms with van der Waals surface area (Å²) < 4.78 is 21.2. The Balaban J connectivity index is 1.47. The largest absolute Gasteiger partial charge is 0.493 e. The third-order valence-electron chi connectivity index (χ3n) is 4.55. The van der Waals surface area contributed by atoms with Crippen molar-refractivity contribution in [2.45, 2.75) is 31.7 Å². The quantitative estimate of drug-likeness (QED) is 0.549. The lowest BCUT2D eigenvalue weighted by Crippen LogP contribution is -2.44. The van der Waals surface area contributed by atoms with E-state index in [4.69, 9.17) is 18.9 Å². The molecular weight excluding hydrogens is 380 g/mol. The number of benzene rings is 1. The van der Waals surface area contributed by atoms with Crippen molar-refractivity contribution in [3.05, 3.63) is 23.8 Å². The van der Waals surface area contributed by atoms with Crippen LogP contribution in [-0.2, 0) is 14.3 Å². The molecular formula is C20H24N2O7. The van der Waals surface area contributed by atoms with Gasteiger partial charge in [0.1, 0.15) is 13.2 Å². The zero-order valence-corrected chi connectivity index (χ0v) is 16.2. The lowest BCUT2D eigenvalue weighted by molar-refractivity contribution is -0.143. The van der Waals surface area contributed by atoms with Gasteiger partial charge in [-0.05, 0) is 36.6 Å². The van der Waals surface area contributed by atoms with Crippen LogP contribution in [0.1, 0.15) is 31.2 Å². The van der Waals surface area contributed by atoms with Crippen molar-refractivity contribution in [1.29, 1.82) is 0 Å². The number of nitrogens with one attached hydrogen (secondary N) is 2. The minimum atomic E-state index is -0.717. The molecule has 0 aromatic heterocycles. The Bertz CT molecular complexity index is 783. The maximum absolute atomic E-state index is 11.9. The number of rotatable bonds is 6. The topological polar surface area (TPSA) is 112 Å². The highest BCUT2D eigenvalue weighted by Crippen LogP contribution is 2.40. The van der Waals surface area contributed by atoms with Crippen LogP contribution >= 0.6 is 0 Å². The summed E-state index contributed by atoms with van der Waals surface area (Å²) in [6.45, 7) is 0.312. The molecule has 9 nitrogen and oxygen atoms in total. The number of hydrogen-bond acceptors (Lipinski definition) is 7. The van der Waals surface area contributed by atoms with Gasteiger partial charge in [-0.2, -0.15) is 0 Å². The standard InChI is InChI=1S/C20H24N2O7/c1-26-15-10-13(11-16-19(15)28-9-8-27-16)6-7-18(24)29-12-17(23)22-20(25)21-14-4-2-3-5-14/h6-7,10-11,14H,2-5,8-9,12H2,1H3,(H2,21,22,23,25)/b7-6+. The summed E-state index contributed by atoms with van der Waals surface area (Å²) in [5.74, 6) is 0.124. The predicted octanol–water partition coefficient (Wildman–Crippen LogP) is 1.79. The van der Waals surface area contributed by atoms with Crippen molar-refractivity contribution >= 4 is 24.0 Å². The maximum Gasteiger partial charge on any atom is 0.331 e. The van der Waals surface area contributed by atoms with Crippen LogP contribution in [0.2, 0.25) is 0 Å². The number of ether oxygens (including phenoxy) is 4. The number of fused-ring (bicyclic) bond motifs is 1. The average molecular weight is 404 g/mol. The molecule has 1 saturated carbocycles. The third kappa shape index (κ3) is 5.87. The molecule has 1 aliphatic heterocycles. The van der Waals surface area contributed by atoms with Gasteiger partial charge in [-0.15, -0.1) is 0 Å². The molecule has 0 saturated heterocycles. The normalized spacial score (nSPS) is 15.8. The highest BCUT2D eigenvalue weighted by atomic mass is 16.6. The molecule has 1 heterocycles. The second kappa shape index (κ2) is 9.81. The Hall–Kier alpha value is -3.23. The zero-order valence-electron chi connectivity index (χ0n) is 16.2. The van der Waals surface area contributed by atoms with Crippen LogP contribution < -0.4 is 24.8 Å². The molecule has 2 aliphatic rings. The number of esters is 1. The molecule has 0 unspecified atom stereocenters. The number of urea groups is 1. The Kier molecular flexibility index (Phi) is 6.94. The van der Waals surface area contributed by atoms with Gasteiger partial charge in [-0.3, -0.25) is 10.1 Å². The fraction of sp³-hybridized carbons (Fsp3) is 0.450. The van der Waals surface area contributed by atoms with Crippen LogP contribution in [0.25, 0.3) is 6.08 Å². The van der Waals surface area contributed by atoms with Crippen molar-refractivity contribution in [2.75, 3.05) is 26.9 Å². The lowest BCUT2D eigenvalue weighted by atomic mass is 10.1. The molecule has 3 amide bonds. The summed E-state index contributed by atoms with van der Waals surface area (Å²) in [6.07, 6.45) is 6.64. The second-order valence-electron chi connectivity index (χ2n) is 6.69. The zero-order chi connectivity index (χ0) is 20.6. The highest BCUT2D eigenvalue weighted by Gasteiger charge is 2.19. The maximum atomic E-state index is 11.9. The van der Waals surface area contributed by atoms with Crippen LogP contribution in [0.15, 0.2) is 18.2 Å². The molecule has 1 fully saturated rings. The Morgan fingerprint density at radius 1 is 1.17 bits per heavy atom. The van der Waals surface area contributed by atoms with Gasteiger partial charge in [0.2, 0.25) is 5.75 Å². The van der Waals surface area contributed by atoms with E-state index in [0.29, 0.717) is 36.0 Å². The van der Waals surface area contributed by atoms with Crippen LogP contribution in [0.3, 0.4) is 0 Å². The SMILES string of the molecule is COc1cc(/C=C/C(=O)OCC(=O)NC(=O)NC2CCCC2)cc2c1OCCO2. The summed E-state index contributed by atoms with van der Waals surface area (Å²) in [4.78, 5) is 35.3. The number of methoxy groups -OCH3 is 1. The van der Waals surface area contributed by atoms with Gasteiger partial charge < -0.3 is 24.3 Å². The molecule has 2 N–H and O–H groups in total. The fourth-order valence-electron chi connectivity index (χ4n) is 3.19.